The lowest BCUT2D eigenvalue weighted by Crippen LogP contribution is -2.22. The topological polar surface area (TPSA) is 55.8 Å². The number of aliphatic hydroxyl groups is 1. The molecular formula is C18H21F3O4. The molecule has 2 fully saturated rings. The molecule has 138 valence electrons. The van der Waals surface area contributed by atoms with Crippen LogP contribution >= 0.6 is 0 Å². The first-order valence-electron chi connectivity index (χ1n) is 8.53. The van der Waals surface area contributed by atoms with E-state index in [-0.39, 0.29) is 36.3 Å². The van der Waals surface area contributed by atoms with Gasteiger partial charge >= 0.3 is 12.1 Å². The van der Waals surface area contributed by atoms with Crippen LogP contribution in [0.5, 0.6) is 5.75 Å². The Morgan fingerprint density at radius 1 is 1.32 bits per heavy atom. The number of carbonyl (C=O) groups is 1. The first-order chi connectivity index (χ1) is 11.8. The van der Waals surface area contributed by atoms with Gasteiger partial charge < -0.3 is 14.6 Å². The predicted molar refractivity (Wildman–Crippen MR) is 82.9 cm³/mol. The van der Waals surface area contributed by atoms with Crippen molar-refractivity contribution in [2.24, 2.45) is 11.8 Å². The van der Waals surface area contributed by atoms with Crippen molar-refractivity contribution < 1.29 is 32.5 Å². The highest BCUT2D eigenvalue weighted by atomic mass is 19.4. The van der Waals surface area contributed by atoms with E-state index >= 15 is 0 Å². The summed E-state index contributed by atoms with van der Waals surface area (Å²) in [6.07, 6.45) is -1.46. The molecule has 0 aromatic heterocycles. The molecule has 7 heteroatoms. The first-order valence-corrected chi connectivity index (χ1v) is 8.53. The number of carbonyl (C=O) groups excluding carboxylic acids is 1. The van der Waals surface area contributed by atoms with Crippen LogP contribution in [-0.4, -0.2) is 29.9 Å². The number of ether oxygens (including phenoxy) is 2. The van der Waals surface area contributed by atoms with E-state index in [9.17, 15) is 23.1 Å². The normalized spacial score (nSPS) is 27.0. The molecule has 25 heavy (non-hydrogen) atoms. The smallest absolute Gasteiger partial charge is 0.416 e. The van der Waals surface area contributed by atoms with Crippen molar-refractivity contribution in [3.8, 4) is 5.75 Å². The van der Waals surface area contributed by atoms with E-state index in [1.165, 1.54) is 12.1 Å². The van der Waals surface area contributed by atoms with Crippen molar-refractivity contribution in [1.29, 1.82) is 0 Å². The summed E-state index contributed by atoms with van der Waals surface area (Å²) in [6.45, 7) is -0.114. The molecule has 0 bridgehead atoms. The number of benzene rings is 1. The van der Waals surface area contributed by atoms with Crippen LogP contribution in [0, 0.1) is 11.8 Å². The third kappa shape index (κ3) is 4.26. The Hall–Kier alpha value is -1.76. The van der Waals surface area contributed by atoms with E-state index < -0.39 is 17.8 Å². The van der Waals surface area contributed by atoms with E-state index in [4.69, 9.17) is 9.47 Å². The van der Waals surface area contributed by atoms with Crippen molar-refractivity contribution >= 4 is 5.97 Å². The molecule has 1 N–H and O–H groups in total. The van der Waals surface area contributed by atoms with Gasteiger partial charge in [-0.15, -0.1) is 0 Å². The van der Waals surface area contributed by atoms with Crippen LogP contribution in [0.1, 0.15) is 37.7 Å². The van der Waals surface area contributed by atoms with Crippen LogP contribution in [-0.2, 0) is 15.7 Å². The van der Waals surface area contributed by atoms with Gasteiger partial charge in [-0.1, -0.05) is 6.07 Å². The second kappa shape index (κ2) is 7.23. The second-order valence-electron chi connectivity index (χ2n) is 6.74. The van der Waals surface area contributed by atoms with Gasteiger partial charge in [-0.2, -0.15) is 13.2 Å². The fourth-order valence-electron chi connectivity index (χ4n) is 3.71. The minimum absolute atomic E-state index is 0.0241. The van der Waals surface area contributed by atoms with Crippen molar-refractivity contribution in [1.82, 2.24) is 0 Å². The standard InChI is InChI=1S/C18H21F3O4/c19-18(20,21)11-3-1-4-13(9-11)24-10-12(22)7-8-15-14-5-2-6-16(14)25-17(15)23/h1,3-4,9,12,14-16,22H,2,5-8,10H2/t12-,14?,15?,16?/m1/s1. The molecule has 1 aliphatic carbocycles. The fourth-order valence-corrected chi connectivity index (χ4v) is 3.71. The summed E-state index contributed by atoms with van der Waals surface area (Å²) in [5.74, 6) is -0.0782. The highest BCUT2D eigenvalue weighted by molar-refractivity contribution is 5.75. The molecule has 1 heterocycles. The Kier molecular flexibility index (Phi) is 5.22. The lowest BCUT2D eigenvalue weighted by Gasteiger charge is -2.17. The maximum Gasteiger partial charge on any atom is 0.416 e. The molecule has 1 aromatic carbocycles. The zero-order valence-electron chi connectivity index (χ0n) is 13.7. The monoisotopic (exact) mass is 358 g/mol. The molecule has 1 saturated carbocycles. The number of halogens is 3. The summed E-state index contributed by atoms with van der Waals surface area (Å²) in [6, 6.07) is 4.55. The van der Waals surface area contributed by atoms with Gasteiger partial charge in [0.1, 0.15) is 18.5 Å². The molecule has 1 aromatic rings. The Balaban J connectivity index is 1.47. The number of fused-ring (bicyclic) bond motifs is 1. The molecule has 1 aliphatic heterocycles. The van der Waals surface area contributed by atoms with E-state index in [1.54, 1.807) is 0 Å². The molecule has 2 aliphatic rings. The minimum Gasteiger partial charge on any atom is -0.491 e. The number of alkyl halides is 3. The van der Waals surface area contributed by atoms with Crippen LogP contribution in [0.25, 0.3) is 0 Å². The molecule has 4 nitrogen and oxygen atoms in total. The van der Waals surface area contributed by atoms with Crippen LogP contribution in [0.2, 0.25) is 0 Å². The lowest BCUT2D eigenvalue weighted by molar-refractivity contribution is -0.144. The van der Waals surface area contributed by atoms with E-state index in [2.05, 4.69) is 0 Å². The van der Waals surface area contributed by atoms with Gasteiger partial charge in [0.25, 0.3) is 0 Å². The third-order valence-electron chi connectivity index (χ3n) is 5.01. The van der Waals surface area contributed by atoms with Crippen LogP contribution in [0.15, 0.2) is 24.3 Å². The van der Waals surface area contributed by atoms with Crippen molar-refractivity contribution in [2.45, 2.75) is 50.5 Å². The van der Waals surface area contributed by atoms with Crippen molar-refractivity contribution in [3.05, 3.63) is 29.8 Å². The van der Waals surface area contributed by atoms with Crippen LogP contribution in [0.3, 0.4) is 0 Å². The molecule has 1 saturated heterocycles. The summed E-state index contributed by atoms with van der Waals surface area (Å²) < 4.78 is 48.6. The summed E-state index contributed by atoms with van der Waals surface area (Å²) in [5, 5.41) is 10.0. The summed E-state index contributed by atoms with van der Waals surface area (Å²) in [5.41, 5.74) is -0.791. The molecule has 0 radical (unpaired) electrons. The van der Waals surface area contributed by atoms with Crippen molar-refractivity contribution in [3.63, 3.8) is 0 Å². The van der Waals surface area contributed by atoms with E-state index in [1.807, 2.05) is 0 Å². The zero-order valence-corrected chi connectivity index (χ0v) is 13.7. The van der Waals surface area contributed by atoms with Gasteiger partial charge in [0.05, 0.1) is 17.6 Å². The molecular weight excluding hydrogens is 337 g/mol. The number of aliphatic hydroxyl groups excluding tert-OH is 1. The van der Waals surface area contributed by atoms with Crippen LogP contribution in [0.4, 0.5) is 13.2 Å². The van der Waals surface area contributed by atoms with Crippen molar-refractivity contribution in [2.75, 3.05) is 6.61 Å². The van der Waals surface area contributed by atoms with Gasteiger partial charge in [-0.05, 0) is 50.3 Å². The number of hydrogen-bond donors (Lipinski definition) is 1. The van der Waals surface area contributed by atoms with E-state index in [0.717, 1.165) is 31.4 Å². The maximum absolute atomic E-state index is 12.7. The second-order valence-corrected chi connectivity index (χ2v) is 6.74. The van der Waals surface area contributed by atoms with Gasteiger partial charge in [-0.25, -0.2) is 0 Å². The molecule has 0 spiro atoms. The van der Waals surface area contributed by atoms with Gasteiger partial charge in [0, 0.05) is 5.92 Å². The predicted octanol–water partition coefficient (Wildman–Crippen LogP) is 3.57. The molecule has 3 unspecified atom stereocenters. The quantitative estimate of drug-likeness (QED) is 0.790. The highest BCUT2D eigenvalue weighted by Gasteiger charge is 2.46. The lowest BCUT2D eigenvalue weighted by atomic mass is 9.87. The largest absolute Gasteiger partial charge is 0.491 e. The minimum atomic E-state index is -4.43. The molecule has 0 amide bonds. The van der Waals surface area contributed by atoms with Gasteiger partial charge in [0.2, 0.25) is 0 Å². The SMILES string of the molecule is O=C1OC2CCCC2C1CC[C@@H](O)COc1cccc(C(F)(F)F)c1. The molecule has 4 atom stereocenters. The summed E-state index contributed by atoms with van der Waals surface area (Å²) >= 11 is 0. The number of esters is 1. The third-order valence-corrected chi connectivity index (χ3v) is 5.01. The average Bonchev–Trinajstić information content (AvgIpc) is 3.11. The Labute approximate surface area is 143 Å². The number of hydrogen-bond acceptors (Lipinski definition) is 4. The van der Waals surface area contributed by atoms with Gasteiger partial charge in [0.15, 0.2) is 0 Å². The summed E-state index contributed by atoms with van der Waals surface area (Å²) in [7, 11) is 0. The van der Waals surface area contributed by atoms with E-state index in [0.29, 0.717) is 12.8 Å². The summed E-state index contributed by atoms with van der Waals surface area (Å²) in [4.78, 5) is 11.9. The number of rotatable bonds is 6. The Morgan fingerprint density at radius 3 is 2.88 bits per heavy atom. The van der Waals surface area contributed by atoms with Gasteiger partial charge in [-0.3, -0.25) is 4.79 Å². The Morgan fingerprint density at radius 2 is 2.12 bits per heavy atom. The Bertz CT molecular complexity index is 617. The maximum atomic E-state index is 12.7. The highest BCUT2D eigenvalue weighted by Crippen LogP contribution is 2.42. The zero-order chi connectivity index (χ0) is 18.0. The fraction of sp³-hybridized carbons (Fsp3) is 0.611. The van der Waals surface area contributed by atoms with Crippen LogP contribution < -0.4 is 4.74 Å². The first kappa shape index (κ1) is 18.0. The molecule has 3 rings (SSSR count). The average molecular weight is 358 g/mol.